The van der Waals surface area contributed by atoms with Crippen molar-refractivity contribution in [1.82, 2.24) is 0 Å². The first-order chi connectivity index (χ1) is 15.9. The lowest BCUT2D eigenvalue weighted by atomic mass is 10.1. The van der Waals surface area contributed by atoms with Crippen LogP contribution in [0.4, 0.5) is 5.69 Å². The van der Waals surface area contributed by atoms with E-state index in [9.17, 15) is 14.9 Å². The maximum absolute atomic E-state index is 12.6. The van der Waals surface area contributed by atoms with Crippen LogP contribution in [0.25, 0.3) is 6.08 Å². The number of anilines is 1. The fraction of sp³-hybridized carbons (Fsp3) is 0.160. The SMILES string of the molecule is CCOc1cc(C=C(C#N)C(=O)Nc2ccccc2C)ccc1OCc1ccc(C(=O)O)o1. The van der Waals surface area contributed by atoms with Gasteiger partial charge in [0.15, 0.2) is 11.5 Å². The molecule has 3 aromatic rings. The van der Waals surface area contributed by atoms with Gasteiger partial charge in [-0.2, -0.15) is 5.26 Å². The monoisotopic (exact) mass is 446 g/mol. The fourth-order valence-electron chi connectivity index (χ4n) is 2.94. The van der Waals surface area contributed by atoms with E-state index in [-0.39, 0.29) is 17.9 Å². The van der Waals surface area contributed by atoms with Gasteiger partial charge in [0, 0.05) is 5.69 Å². The number of nitriles is 1. The van der Waals surface area contributed by atoms with Gasteiger partial charge in [0.05, 0.1) is 6.61 Å². The average Bonchev–Trinajstić information content (AvgIpc) is 3.28. The third-order valence-electron chi connectivity index (χ3n) is 4.58. The van der Waals surface area contributed by atoms with Gasteiger partial charge in [0.1, 0.15) is 24.0 Å². The highest BCUT2D eigenvalue weighted by molar-refractivity contribution is 6.10. The number of para-hydroxylation sites is 1. The number of rotatable bonds is 9. The van der Waals surface area contributed by atoms with Gasteiger partial charge in [-0.25, -0.2) is 4.79 Å². The van der Waals surface area contributed by atoms with E-state index in [0.29, 0.717) is 35.1 Å². The van der Waals surface area contributed by atoms with Crippen LogP contribution in [-0.2, 0) is 11.4 Å². The van der Waals surface area contributed by atoms with Crippen molar-refractivity contribution in [2.75, 3.05) is 11.9 Å². The Morgan fingerprint density at radius 2 is 1.91 bits per heavy atom. The number of hydrogen-bond donors (Lipinski definition) is 2. The van der Waals surface area contributed by atoms with Crippen LogP contribution in [0.2, 0.25) is 0 Å². The summed E-state index contributed by atoms with van der Waals surface area (Å²) in [5, 5.41) is 21.2. The first kappa shape index (κ1) is 23.2. The number of hydrogen-bond acceptors (Lipinski definition) is 6. The van der Waals surface area contributed by atoms with Gasteiger partial charge in [-0.1, -0.05) is 24.3 Å². The van der Waals surface area contributed by atoms with Crippen LogP contribution in [0.15, 0.2) is 64.6 Å². The molecule has 2 N–H and O–H groups in total. The smallest absolute Gasteiger partial charge is 0.371 e. The maximum Gasteiger partial charge on any atom is 0.371 e. The number of carboxylic acid groups (broad SMARTS) is 1. The minimum atomic E-state index is -1.16. The molecule has 0 saturated heterocycles. The predicted octanol–water partition coefficient (Wildman–Crippen LogP) is 4.81. The summed E-state index contributed by atoms with van der Waals surface area (Å²) in [6.45, 7) is 4.05. The summed E-state index contributed by atoms with van der Waals surface area (Å²) in [5.41, 5.74) is 2.03. The minimum absolute atomic E-state index is 0.00478. The lowest BCUT2D eigenvalue weighted by Gasteiger charge is -2.12. The zero-order valence-electron chi connectivity index (χ0n) is 18.1. The van der Waals surface area contributed by atoms with Crippen LogP contribution in [-0.4, -0.2) is 23.6 Å². The summed E-state index contributed by atoms with van der Waals surface area (Å²) in [7, 11) is 0. The van der Waals surface area contributed by atoms with Crippen molar-refractivity contribution >= 4 is 23.6 Å². The molecule has 0 aliphatic carbocycles. The largest absolute Gasteiger partial charge is 0.490 e. The third kappa shape index (κ3) is 6.02. The zero-order valence-corrected chi connectivity index (χ0v) is 18.1. The number of aryl methyl sites for hydroxylation is 1. The van der Waals surface area contributed by atoms with Gasteiger partial charge in [-0.3, -0.25) is 4.79 Å². The van der Waals surface area contributed by atoms with Crippen LogP contribution >= 0.6 is 0 Å². The van der Waals surface area contributed by atoms with E-state index >= 15 is 0 Å². The van der Waals surface area contributed by atoms with Crippen LogP contribution in [0, 0.1) is 18.3 Å². The number of nitrogens with zero attached hydrogens (tertiary/aromatic N) is 1. The second kappa shape index (κ2) is 10.7. The number of benzene rings is 2. The van der Waals surface area contributed by atoms with Crippen molar-refractivity contribution in [1.29, 1.82) is 5.26 Å². The Morgan fingerprint density at radius 1 is 1.12 bits per heavy atom. The summed E-state index contributed by atoms with van der Waals surface area (Å²) in [5.74, 6) is -0.687. The van der Waals surface area contributed by atoms with Crippen molar-refractivity contribution in [2.24, 2.45) is 0 Å². The summed E-state index contributed by atoms with van der Waals surface area (Å²) >= 11 is 0. The first-order valence-electron chi connectivity index (χ1n) is 10.1. The summed E-state index contributed by atoms with van der Waals surface area (Å²) in [6, 6.07) is 17.1. The molecule has 0 aliphatic heterocycles. The van der Waals surface area contributed by atoms with Crippen molar-refractivity contribution in [2.45, 2.75) is 20.5 Å². The van der Waals surface area contributed by atoms with E-state index in [4.69, 9.17) is 19.0 Å². The van der Waals surface area contributed by atoms with E-state index in [1.54, 1.807) is 30.3 Å². The summed E-state index contributed by atoms with van der Waals surface area (Å²) in [4.78, 5) is 23.5. The molecule has 3 rings (SSSR count). The fourth-order valence-corrected chi connectivity index (χ4v) is 2.94. The number of carbonyl (C=O) groups excluding carboxylic acids is 1. The molecule has 0 atom stereocenters. The van der Waals surface area contributed by atoms with Crippen molar-refractivity contribution < 1.29 is 28.6 Å². The number of furan rings is 1. The Morgan fingerprint density at radius 3 is 2.58 bits per heavy atom. The maximum atomic E-state index is 12.6. The van der Waals surface area contributed by atoms with Gasteiger partial charge in [0.25, 0.3) is 5.91 Å². The highest BCUT2D eigenvalue weighted by Gasteiger charge is 2.14. The number of carboxylic acids is 1. The molecule has 1 aromatic heterocycles. The Labute approximate surface area is 190 Å². The van der Waals surface area contributed by atoms with E-state index in [1.807, 2.05) is 32.0 Å². The molecule has 8 nitrogen and oxygen atoms in total. The van der Waals surface area contributed by atoms with Gasteiger partial charge < -0.3 is 24.3 Å². The average molecular weight is 446 g/mol. The molecular formula is C25H22N2O6. The van der Waals surface area contributed by atoms with Crippen molar-refractivity contribution in [3.05, 3.63) is 82.8 Å². The molecule has 0 spiro atoms. The molecule has 33 heavy (non-hydrogen) atoms. The number of carbonyl (C=O) groups is 2. The molecule has 168 valence electrons. The van der Waals surface area contributed by atoms with Crippen molar-refractivity contribution in [3.8, 4) is 17.6 Å². The number of amides is 1. The molecular weight excluding hydrogens is 424 g/mol. The predicted molar refractivity (Wildman–Crippen MR) is 121 cm³/mol. The van der Waals surface area contributed by atoms with Crippen molar-refractivity contribution in [3.63, 3.8) is 0 Å². The standard InChI is InChI=1S/C25H22N2O6/c1-3-31-23-13-17(8-10-21(23)32-15-19-9-11-22(33-19)25(29)30)12-18(14-26)24(28)27-20-7-5-4-6-16(20)2/h4-13H,3,15H2,1-2H3,(H,27,28)(H,29,30). The number of ether oxygens (including phenoxy) is 2. The van der Waals surface area contributed by atoms with Crippen LogP contribution in [0.3, 0.4) is 0 Å². The molecule has 1 heterocycles. The Kier molecular flexibility index (Phi) is 7.50. The lowest BCUT2D eigenvalue weighted by Crippen LogP contribution is -2.14. The second-order valence-electron chi connectivity index (χ2n) is 6.94. The molecule has 1 amide bonds. The quantitative estimate of drug-likeness (QED) is 0.357. The highest BCUT2D eigenvalue weighted by Crippen LogP contribution is 2.30. The third-order valence-corrected chi connectivity index (χ3v) is 4.58. The summed E-state index contributed by atoms with van der Waals surface area (Å²) < 4.78 is 16.5. The minimum Gasteiger partial charge on any atom is -0.490 e. The molecule has 2 aromatic carbocycles. The van der Waals surface area contributed by atoms with Gasteiger partial charge in [-0.05, 0) is 61.4 Å². The Hall–Kier alpha value is -4.51. The van der Waals surface area contributed by atoms with Crippen LogP contribution in [0.5, 0.6) is 11.5 Å². The van der Waals surface area contributed by atoms with Gasteiger partial charge in [0.2, 0.25) is 5.76 Å². The Bertz CT molecular complexity index is 1240. The van der Waals surface area contributed by atoms with Crippen LogP contribution < -0.4 is 14.8 Å². The molecule has 0 fully saturated rings. The molecule has 0 saturated carbocycles. The molecule has 8 heteroatoms. The van der Waals surface area contributed by atoms with E-state index in [2.05, 4.69) is 5.32 Å². The van der Waals surface area contributed by atoms with Crippen LogP contribution in [0.1, 0.15) is 34.4 Å². The Balaban J connectivity index is 1.78. The normalized spacial score (nSPS) is 10.9. The first-order valence-corrected chi connectivity index (χ1v) is 10.1. The summed E-state index contributed by atoms with van der Waals surface area (Å²) in [6.07, 6.45) is 1.46. The van der Waals surface area contributed by atoms with E-state index in [0.717, 1.165) is 5.56 Å². The van der Waals surface area contributed by atoms with E-state index in [1.165, 1.54) is 18.2 Å². The molecule has 0 unspecified atom stereocenters. The topological polar surface area (TPSA) is 122 Å². The molecule has 0 bridgehead atoms. The van der Waals surface area contributed by atoms with E-state index < -0.39 is 11.9 Å². The molecule has 0 radical (unpaired) electrons. The molecule has 0 aliphatic rings. The van der Waals surface area contributed by atoms with Gasteiger partial charge >= 0.3 is 5.97 Å². The highest BCUT2D eigenvalue weighted by atomic mass is 16.5. The lowest BCUT2D eigenvalue weighted by molar-refractivity contribution is -0.112. The number of nitrogens with one attached hydrogen (secondary N) is 1. The number of aromatic carboxylic acids is 1. The van der Waals surface area contributed by atoms with Gasteiger partial charge in [-0.15, -0.1) is 0 Å². The second-order valence-corrected chi connectivity index (χ2v) is 6.94. The zero-order chi connectivity index (χ0) is 23.8.